The van der Waals surface area contributed by atoms with Crippen molar-refractivity contribution in [3.8, 4) is 5.75 Å². The van der Waals surface area contributed by atoms with Crippen LogP contribution in [-0.2, 0) is 4.79 Å². The van der Waals surface area contributed by atoms with Gasteiger partial charge in [-0.1, -0.05) is 19.3 Å². The molecule has 1 atom stereocenters. The highest BCUT2D eigenvalue weighted by molar-refractivity contribution is 5.96. The van der Waals surface area contributed by atoms with Crippen LogP contribution in [-0.4, -0.2) is 24.1 Å². The molecule has 7 heteroatoms. The number of benzene rings is 1. The lowest BCUT2D eigenvalue weighted by Crippen LogP contribution is -2.48. The van der Waals surface area contributed by atoms with Gasteiger partial charge in [0.15, 0.2) is 6.10 Å². The number of carbonyl (C=O) groups is 2. The number of hydrogen-bond acceptors (Lipinski definition) is 5. The highest BCUT2D eigenvalue weighted by atomic mass is 16.5. The van der Waals surface area contributed by atoms with E-state index in [9.17, 15) is 14.4 Å². The first-order chi connectivity index (χ1) is 12.5. The van der Waals surface area contributed by atoms with E-state index in [-0.39, 0.29) is 6.04 Å². The van der Waals surface area contributed by atoms with Gasteiger partial charge in [0.1, 0.15) is 11.3 Å². The van der Waals surface area contributed by atoms with E-state index in [4.69, 9.17) is 9.15 Å². The molecular weight excluding hydrogens is 336 g/mol. The first-order valence-corrected chi connectivity index (χ1v) is 8.83. The molecule has 3 rings (SSSR count). The second-order valence-corrected chi connectivity index (χ2v) is 6.51. The summed E-state index contributed by atoms with van der Waals surface area (Å²) in [6.07, 6.45) is 4.38. The normalized spacial score (nSPS) is 16.0. The number of amides is 3. The lowest BCUT2D eigenvalue weighted by molar-refractivity contribution is -0.126. The molecule has 0 aliphatic heterocycles. The van der Waals surface area contributed by atoms with Crippen molar-refractivity contribution in [2.24, 2.45) is 0 Å². The monoisotopic (exact) mass is 358 g/mol. The van der Waals surface area contributed by atoms with Crippen LogP contribution in [0.3, 0.4) is 0 Å². The smallest absolute Gasteiger partial charge is 0.336 e. The molecule has 1 saturated carbocycles. The maximum Gasteiger partial charge on any atom is 0.336 e. The Hall–Kier alpha value is -2.83. The minimum atomic E-state index is -0.875. The molecule has 1 aromatic carbocycles. The van der Waals surface area contributed by atoms with E-state index in [2.05, 4.69) is 10.6 Å². The Bertz CT molecular complexity index is 854. The molecule has 1 heterocycles. The average Bonchev–Trinajstić information content (AvgIpc) is 2.62. The third-order valence-corrected chi connectivity index (χ3v) is 4.45. The first-order valence-electron chi connectivity index (χ1n) is 8.83. The molecule has 0 bridgehead atoms. The number of ether oxygens (including phenoxy) is 1. The molecule has 1 fully saturated rings. The van der Waals surface area contributed by atoms with Crippen molar-refractivity contribution in [1.29, 1.82) is 0 Å². The van der Waals surface area contributed by atoms with E-state index in [0.717, 1.165) is 31.1 Å². The Morgan fingerprint density at radius 3 is 2.65 bits per heavy atom. The van der Waals surface area contributed by atoms with Gasteiger partial charge in [-0.05, 0) is 38.0 Å². The summed E-state index contributed by atoms with van der Waals surface area (Å²) < 4.78 is 10.7. The van der Waals surface area contributed by atoms with Gasteiger partial charge >= 0.3 is 11.7 Å². The molecule has 0 saturated heterocycles. The van der Waals surface area contributed by atoms with Gasteiger partial charge in [-0.2, -0.15) is 0 Å². The zero-order valence-electron chi connectivity index (χ0n) is 14.6. The topological polar surface area (TPSA) is 97.6 Å². The maximum absolute atomic E-state index is 12.1. The average molecular weight is 358 g/mol. The summed E-state index contributed by atoms with van der Waals surface area (Å²) in [6, 6.07) is 7.56. The standard InChI is InChI=1S/C19H22N2O5/c1-12(18(23)21-19(24)20-14-5-3-2-4-6-14)25-15-9-7-13-8-10-17(22)26-16(13)11-15/h7-12,14H,2-6H2,1H3,(H2,20,21,23,24)/t12-/m0/s1. The van der Waals surface area contributed by atoms with Crippen LogP contribution in [0.25, 0.3) is 11.0 Å². The van der Waals surface area contributed by atoms with Crippen LogP contribution in [0.15, 0.2) is 39.5 Å². The molecule has 1 aliphatic carbocycles. The summed E-state index contributed by atoms with van der Waals surface area (Å²) in [7, 11) is 0. The summed E-state index contributed by atoms with van der Waals surface area (Å²) in [6.45, 7) is 1.55. The van der Waals surface area contributed by atoms with Crippen molar-refractivity contribution < 1.29 is 18.7 Å². The highest BCUT2D eigenvalue weighted by Crippen LogP contribution is 2.20. The van der Waals surface area contributed by atoms with E-state index < -0.39 is 23.7 Å². The summed E-state index contributed by atoms with van der Waals surface area (Å²) in [5, 5.41) is 5.88. The second-order valence-electron chi connectivity index (χ2n) is 6.51. The second kappa shape index (κ2) is 8.03. The van der Waals surface area contributed by atoms with Crippen LogP contribution >= 0.6 is 0 Å². The van der Waals surface area contributed by atoms with Gasteiger partial charge in [0, 0.05) is 23.6 Å². The van der Waals surface area contributed by atoms with Crippen LogP contribution in [0.2, 0.25) is 0 Å². The molecule has 1 aromatic heterocycles. The van der Waals surface area contributed by atoms with Crippen molar-refractivity contribution in [3.05, 3.63) is 40.8 Å². The van der Waals surface area contributed by atoms with Crippen LogP contribution in [0.4, 0.5) is 4.79 Å². The Kier molecular flexibility index (Phi) is 5.55. The molecular formula is C19H22N2O5. The Morgan fingerprint density at radius 2 is 1.88 bits per heavy atom. The number of rotatable bonds is 4. The van der Waals surface area contributed by atoms with E-state index >= 15 is 0 Å². The minimum Gasteiger partial charge on any atom is -0.481 e. The van der Waals surface area contributed by atoms with Gasteiger partial charge in [-0.15, -0.1) is 0 Å². The SMILES string of the molecule is C[C@H](Oc1ccc2ccc(=O)oc2c1)C(=O)NC(=O)NC1CCCCC1. The van der Waals surface area contributed by atoms with Gasteiger partial charge in [-0.3, -0.25) is 10.1 Å². The van der Waals surface area contributed by atoms with Gasteiger partial charge < -0.3 is 14.5 Å². The zero-order chi connectivity index (χ0) is 18.5. The number of hydrogen-bond donors (Lipinski definition) is 2. The molecule has 0 unspecified atom stereocenters. The van der Waals surface area contributed by atoms with E-state index in [1.165, 1.54) is 12.5 Å². The fourth-order valence-corrected chi connectivity index (χ4v) is 3.05. The van der Waals surface area contributed by atoms with E-state index in [1.807, 2.05) is 0 Å². The molecule has 26 heavy (non-hydrogen) atoms. The van der Waals surface area contributed by atoms with Crippen molar-refractivity contribution in [1.82, 2.24) is 10.6 Å². The predicted octanol–water partition coefficient (Wildman–Crippen LogP) is 2.72. The molecule has 2 aromatic rings. The summed E-state index contributed by atoms with van der Waals surface area (Å²) in [5.74, 6) is -0.157. The molecule has 3 amide bonds. The van der Waals surface area contributed by atoms with E-state index in [0.29, 0.717) is 11.3 Å². The molecule has 2 N–H and O–H groups in total. The fraction of sp³-hybridized carbons (Fsp3) is 0.421. The Morgan fingerprint density at radius 1 is 1.15 bits per heavy atom. The Labute approximate surface area is 150 Å². The maximum atomic E-state index is 12.1. The number of carbonyl (C=O) groups excluding carboxylic acids is 2. The highest BCUT2D eigenvalue weighted by Gasteiger charge is 2.20. The molecule has 7 nitrogen and oxygen atoms in total. The van der Waals surface area contributed by atoms with Crippen LogP contribution < -0.4 is 21.0 Å². The lowest BCUT2D eigenvalue weighted by Gasteiger charge is -2.23. The predicted molar refractivity (Wildman–Crippen MR) is 96.1 cm³/mol. The quantitative estimate of drug-likeness (QED) is 0.819. The third kappa shape index (κ3) is 4.62. The van der Waals surface area contributed by atoms with Crippen LogP contribution in [0.5, 0.6) is 5.75 Å². The zero-order valence-corrected chi connectivity index (χ0v) is 14.6. The van der Waals surface area contributed by atoms with Crippen molar-refractivity contribution >= 4 is 22.9 Å². The molecule has 1 aliphatic rings. The van der Waals surface area contributed by atoms with Gasteiger partial charge in [0.2, 0.25) is 0 Å². The Balaban J connectivity index is 1.56. The number of nitrogens with one attached hydrogen (secondary N) is 2. The fourth-order valence-electron chi connectivity index (χ4n) is 3.05. The lowest BCUT2D eigenvalue weighted by atomic mass is 9.96. The number of fused-ring (bicyclic) bond motifs is 1. The molecule has 0 radical (unpaired) electrons. The van der Waals surface area contributed by atoms with Crippen LogP contribution in [0, 0.1) is 0 Å². The van der Waals surface area contributed by atoms with Gasteiger partial charge in [0.05, 0.1) is 0 Å². The summed E-state index contributed by atoms with van der Waals surface area (Å²) in [5.41, 5.74) is -0.0857. The van der Waals surface area contributed by atoms with Crippen molar-refractivity contribution in [2.45, 2.75) is 51.2 Å². The van der Waals surface area contributed by atoms with Gasteiger partial charge in [-0.25, -0.2) is 9.59 Å². The van der Waals surface area contributed by atoms with Crippen molar-refractivity contribution in [3.63, 3.8) is 0 Å². The largest absolute Gasteiger partial charge is 0.481 e. The van der Waals surface area contributed by atoms with Crippen LogP contribution in [0.1, 0.15) is 39.0 Å². The molecule has 138 valence electrons. The molecule has 0 spiro atoms. The van der Waals surface area contributed by atoms with E-state index in [1.54, 1.807) is 31.2 Å². The first kappa shape index (κ1) is 18.0. The number of urea groups is 1. The summed E-state index contributed by atoms with van der Waals surface area (Å²) >= 11 is 0. The minimum absolute atomic E-state index is 0.121. The third-order valence-electron chi connectivity index (χ3n) is 4.45. The van der Waals surface area contributed by atoms with Crippen molar-refractivity contribution in [2.75, 3.05) is 0 Å². The summed E-state index contributed by atoms with van der Waals surface area (Å²) in [4.78, 5) is 35.4. The number of imide groups is 1. The van der Waals surface area contributed by atoms with Gasteiger partial charge in [0.25, 0.3) is 5.91 Å².